The van der Waals surface area contributed by atoms with Crippen LogP contribution in [0.2, 0.25) is 0 Å². The van der Waals surface area contributed by atoms with E-state index < -0.39 is 0 Å². The van der Waals surface area contributed by atoms with E-state index in [1.165, 1.54) is 0 Å². The summed E-state index contributed by atoms with van der Waals surface area (Å²) in [5, 5.41) is 1.08. The number of ether oxygens (including phenoxy) is 1. The Labute approximate surface area is 123 Å². The predicted octanol–water partition coefficient (Wildman–Crippen LogP) is 3.08. The fourth-order valence-corrected chi connectivity index (χ4v) is 2.41. The zero-order valence-corrected chi connectivity index (χ0v) is 11.9. The molecule has 0 bridgehead atoms. The summed E-state index contributed by atoms with van der Waals surface area (Å²) in [5.41, 5.74) is 9.24. The van der Waals surface area contributed by atoms with Crippen molar-refractivity contribution in [3.05, 3.63) is 66.1 Å². The average Bonchev–Trinajstić information content (AvgIpc) is 2.54. The molecule has 2 heterocycles. The third kappa shape index (κ3) is 2.71. The summed E-state index contributed by atoms with van der Waals surface area (Å²) in [5.74, 6) is 0.735. The van der Waals surface area contributed by atoms with Crippen molar-refractivity contribution in [3.8, 4) is 5.75 Å². The number of aromatic nitrogens is 2. The number of nitrogens with zero attached hydrogens (tertiary/aromatic N) is 2. The summed E-state index contributed by atoms with van der Waals surface area (Å²) in [6, 6.07) is 11.7. The Hall–Kier alpha value is -2.46. The summed E-state index contributed by atoms with van der Waals surface area (Å²) in [4.78, 5) is 8.66. The average molecular weight is 279 g/mol. The van der Waals surface area contributed by atoms with E-state index in [9.17, 15) is 0 Å². The number of hydrogen-bond donors (Lipinski definition) is 1. The van der Waals surface area contributed by atoms with Crippen molar-refractivity contribution in [2.24, 2.45) is 5.73 Å². The van der Waals surface area contributed by atoms with Crippen LogP contribution >= 0.6 is 0 Å². The van der Waals surface area contributed by atoms with Crippen LogP contribution in [0.3, 0.4) is 0 Å². The van der Waals surface area contributed by atoms with Crippen molar-refractivity contribution >= 4 is 10.9 Å². The Morgan fingerprint density at radius 2 is 2.05 bits per heavy atom. The minimum absolute atomic E-state index is 0.281. The van der Waals surface area contributed by atoms with Crippen molar-refractivity contribution in [2.75, 3.05) is 6.61 Å². The van der Waals surface area contributed by atoms with Crippen LogP contribution in [0.25, 0.3) is 10.9 Å². The van der Waals surface area contributed by atoms with E-state index in [1.54, 1.807) is 18.6 Å². The molecule has 1 unspecified atom stereocenters. The van der Waals surface area contributed by atoms with Gasteiger partial charge in [-0.2, -0.15) is 0 Å². The molecule has 0 aliphatic rings. The van der Waals surface area contributed by atoms with Crippen LogP contribution in [-0.4, -0.2) is 16.6 Å². The summed E-state index contributed by atoms with van der Waals surface area (Å²) < 4.78 is 5.49. The Morgan fingerprint density at radius 1 is 1.19 bits per heavy atom. The van der Waals surface area contributed by atoms with E-state index >= 15 is 0 Å². The van der Waals surface area contributed by atoms with Gasteiger partial charge in [0.2, 0.25) is 0 Å². The van der Waals surface area contributed by atoms with Gasteiger partial charge in [0, 0.05) is 17.8 Å². The van der Waals surface area contributed by atoms with Crippen molar-refractivity contribution in [1.29, 1.82) is 0 Å². The lowest BCUT2D eigenvalue weighted by atomic mass is 9.98. The topological polar surface area (TPSA) is 61.0 Å². The third-order valence-corrected chi connectivity index (χ3v) is 3.40. The molecule has 3 rings (SSSR count). The molecule has 1 atom stereocenters. The van der Waals surface area contributed by atoms with Gasteiger partial charge >= 0.3 is 0 Å². The van der Waals surface area contributed by atoms with Crippen molar-refractivity contribution in [1.82, 2.24) is 9.97 Å². The standard InChI is InChI=1S/C17H17N3O/c1-2-21-14-9-13(10-19-11-14)16(18)15-7-3-5-12-6-4-8-20-17(12)15/h3-11,16H,2,18H2,1H3. The van der Waals surface area contributed by atoms with Gasteiger partial charge in [-0.25, -0.2) is 0 Å². The summed E-state index contributed by atoms with van der Waals surface area (Å²) in [7, 11) is 0. The number of benzene rings is 1. The first kappa shape index (κ1) is 13.5. The largest absolute Gasteiger partial charge is 0.492 e. The minimum Gasteiger partial charge on any atom is -0.492 e. The van der Waals surface area contributed by atoms with Gasteiger partial charge in [0.15, 0.2) is 0 Å². The van der Waals surface area contributed by atoms with Crippen LogP contribution in [0.1, 0.15) is 24.1 Å². The molecule has 0 saturated carbocycles. The molecule has 0 fully saturated rings. The predicted molar refractivity (Wildman–Crippen MR) is 83.2 cm³/mol. The number of rotatable bonds is 4. The van der Waals surface area contributed by atoms with Crippen molar-refractivity contribution in [2.45, 2.75) is 13.0 Å². The molecule has 106 valence electrons. The lowest BCUT2D eigenvalue weighted by Crippen LogP contribution is -2.13. The molecule has 3 aromatic rings. The monoisotopic (exact) mass is 279 g/mol. The Balaban J connectivity index is 2.04. The quantitative estimate of drug-likeness (QED) is 0.797. The molecule has 0 spiro atoms. The van der Waals surface area contributed by atoms with Gasteiger partial charge in [-0.1, -0.05) is 24.3 Å². The molecule has 0 amide bonds. The molecular weight excluding hydrogens is 262 g/mol. The first-order valence-electron chi connectivity index (χ1n) is 6.96. The first-order chi connectivity index (χ1) is 10.3. The van der Waals surface area contributed by atoms with Crippen LogP contribution in [0.4, 0.5) is 0 Å². The van der Waals surface area contributed by atoms with Gasteiger partial charge in [-0.15, -0.1) is 0 Å². The van der Waals surface area contributed by atoms with E-state index in [-0.39, 0.29) is 6.04 Å². The zero-order valence-electron chi connectivity index (χ0n) is 11.9. The molecule has 21 heavy (non-hydrogen) atoms. The Bertz CT molecular complexity index is 752. The highest BCUT2D eigenvalue weighted by Crippen LogP contribution is 2.27. The van der Waals surface area contributed by atoms with Crippen LogP contribution in [-0.2, 0) is 0 Å². The molecule has 1 aromatic carbocycles. The van der Waals surface area contributed by atoms with E-state index in [1.807, 2.05) is 43.3 Å². The van der Waals surface area contributed by atoms with Gasteiger partial charge in [0.05, 0.1) is 24.4 Å². The van der Waals surface area contributed by atoms with Gasteiger partial charge < -0.3 is 10.5 Å². The van der Waals surface area contributed by atoms with Gasteiger partial charge in [-0.05, 0) is 30.2 Å². The maximum Gasteiger partial charge on any atom is 0.137 e. The van der Waals surface area contributed by atoms with Crippen LogP contribution < -0.4 is 10.5 Å². The van der Waals surface area contributed by atoms with Crippen LogP contribution in [0.5, 0.6) is 5.75 Å². The fraction of sp³-hybridized carbons (Fsp3) is 0.176. The van der Waals surface area contributed by atoms with E-state index in [4.69, 9.17) is 10.5 Å². The summed E-state index contributed by atoms with van der Waals surface area (Å²) in [6.45, 7) is 2.55. The molecule has 0 radical (unpaired) electrons. The van der Waals surface area contributed by atoms with E-state index in [0.29, 0.717) is 6.61 Å². The number of fused-ring (bicyclic) bond motifs is 1. The highest BCUT2D eigenvalue weighted by Gasteiger charge is 2.14. The zero-order chi connectivity index (χ0) is 14.7. The maximum atomic E-state index is 6.41. The van der Waals surface area contributed by atoms with E-state index in [0.717, 1.165) is 27.8 Å². The lowest BCUT2D eigenvalue weighted by Gasteiger charge is -2.15. The fourth-order valence-electron chi connectivity index (χ4n) is 2.41. The molecular formula is C17H17N3O. The minimum atomic E-state index is -0.281. The number of para-hydroxylation sites is 1. The smallest absolute Gasteiger partial charge is 0.137 e. The SMILES string of the molecule is CCOc1cncc(C(N)c2cccc3cccnc23)c1. The molecule has 0 saturated heterocycles. The second-order valence-corrected chi connectivity index (χ2v) is 4.79. The molecule has 0 aliphatic heterocycles. The van der Waals surface area contributed by atoms with Crippen LogP contribution in [0, 0.1) is 0 Å². The molecule has 2 aromatic heterocycles. The summed E-state index contributed by atoms with van der Waals surface area (Å²) in [6.07, 6.45) is 5.25. The van der Waals surface area contributed by atoms with Gasteiger partial charge in [0.25, 0.3) is 0 Å². The van der Waals surface area contributed by atoms with Gasteiger partial charge in [0.1, 0.15) is 5.75 Å². The lowest BCUT2D eigenvalue weighted by molar-refractivity contribution is 0.338. The Kier molecular flexibility index (Phi) is 3.79. The highest BCUT2D eigenvalue weighted by atomic mass is 16.5. The molecule has 4 nitrogen and oxygen atoms in total. The van der Waals surface area contributed by atoms with Gasteiger partial charge in [-0.3, -0.25) is 9.97 Å². The van der Waals surface area contributed by atoms with Crippen molar-refractivity contribution in [3.63, 3.8) is 0 Å². The number of hydrogen-bond acceptors (Lipinski definition) is 4. The number of nitrogens with two attached hydrogens (primary N) is 1. The van der Waals surface area contributed by atoms with Crippen molar-refractivity contribution < 1.29 is 4.74 Å². The third-order valence-electron chi connectivity index (χ3n) is 3.40. The molecule has 4 heteroatoms. The second-order valence-electron chi connectivity index (χ2n) is 4.79. The summed E-state index contributed by atoms with van der Waals surface area (Å²) >= 11 is 0. The maximum absolute atomic E-state index is 6.41. The second kappa shape index (κ2) is 5.89. The highest BCUT2D eigenvalue weighted by molar-refractivity contribution is 5.82. The Morgan fingerprint density at radius 3 is 2.90 bits per heavy atom. The van der Waals surface area contributed by atoms with Crippen LogP contribution in [0.15, 0.2) is 55.0 Å². The van der Waals surface area contributed by atoms with E-state index in [2.05, 4.69) is 9.97 Å². The number of pyridine rings is 2. The normalized spacial score (nSPS) is 12.3. The molecule has 0 aliphatic carbocycles. The molecule has 2 N–H and O–H groups in total. The first-order valence-corrected chi connectivity index (χ1v) is 6.96.